The van der Waals surface area contributed by atoms with E-state index in [1.54, 1.807) is 19.1 Å². The van der Waals surface area contributed by atoms with Gasteiger partial charge >= 0.3 is 6.18 Å². The van der Waals surface area contributed by atoms with Crippen LogP contribution in [0.2, 0.25) is 0 Å². The van der Waals surface area contributed by atoms with Crippen molar-refractivity contribution < 1.29 is 22.5 Å². The van der Waals surface area contributed by atoms with Crippen LogP contribution in [-0.2, 0) is 6.54 Å². The van der Waals surface area contributed by atoms with Crippen molar-refractivity contribution in [2.75, 3.05) is 36.8 Å². The van der Waals surface area contributed by atoms with Crippen molar-refractivity contribution in [3.63, 3.8) is 0 Å². The molecule has 5 nitrogen and oxygen atoms in total. The number of benzene rings is 2. The number of aryl methyl sites for hydroxylation is 1. The van der Waals surface area contributed by atoms with Crippen molar-refractivity contribution in [1.29, 1.82) is 0 Å². The molecule has 0 N–H and O–H groups in total. The molecule has 10 heteroatoms. The number of thioether (sulfide) groups is 1. The highest BCUT2D eigenvalue weighted by atomic mass is 32.2. The van der Waals surface area contributed by atoms with Crippen LogP contribution in [0.5, 0.6) is 0 Å². The number of nitro benzene ring substituents is 1. The van der Waals surface area contributed by atoms with Gasteiger partial charge in [-0.05, 0) is 30.2 Å². The van der Waals surface area contributed by atoms with Gasteiger partial charge in [0, 0.05) is 49.8 Å². The highest BCUT2D eigenvalue weighted by Gasteiger charge is 2.28. The summed E-state index contributed by atoms with van der Waals surface area (Å²) in [4.78, 5) is 14.7. The van der Waals surface area contributed by atoms with Gasteiger partial charge in [0.1, 0.15) is 5.82 Å². The first-order chi connectivity index (χ1) is 14.1. The molecule has 0 unspecified atom stereocenters. The van der Waals surface area contributed by atoms with Crippen LogP contribution < -0.4 is 4.90 Å². The molecular formula is C20H21F4N3O2S. The number of anilines is 1. The number of hydrogen-bond acceptors (Lipinski definition) is 5. The summed E-state index contributed by atoms with van der Waals surface area (Å²) in [5.41, 5.74) is 1.79. The molecule has 0 bridgehead atoms. The van der Waals surface area contributed by atoms with E-state index in [-0.39, 0.29) is 5.69 Å². The van der Waals surface area contributed by atoms with E-state index in [0.29, 0.717) is 60.6 Å². The molecule has 0 radical (unpaired) electrons. The van der Waals surface area contributed by atoms with Gasteiger partial charge in [0.05, 0.1) is 16.4 Å². The Morgan fingerprint density at radius 1 is 1.10 bits per heavy atom. The van der Waals surface area contributed by atoms with Gasteiger partial charge in [-0.1, -0.05) is 12.1 Å². The summed E-state index contributed by atoms with van der Waals surface area (Å²) in [6, 6.07) is 9.16. The zero-order valence-corrected chi connectivity index (χ0v) is 17.1. The van der Waals surface area contributed by atoms with Gasteiger partial charge in [-0.15, -0.1) is 11.8 Å². The average molecular weight is 443 g/mol. The Bertz CT molecular complexity index is 898. The molecule has 0 amide bonds. The summed E-state index contributed by atoms with van der Waals surface area (Å²) in [5, 5.41) is 10.7. The van der Waals surface area contributed by atoms with E-state index < -0.39 is 22.7 Å². The van der Waals surface area contributed by atoms with Crippen molar-refractivity contribution in [3.05, 3.63) is 63.5 Å². The van der Waals surface area contributed by atoms with E-state index in [0.717, 1.165) is 5.56 Å². The maximum Gasteiger partial charge on any atom is 0.398 e. The van der Waals surface area contributed by atoms with E-state index in [1.807, 2.05) is 4.90 Å². The molecule has 0 aromatic heterocycles. The molecule has 2 aromatic rings. The molecule has 162 valence electrons. The molecule has 0 atom stereocenters. The van der Waals surface area contributed by atoms with Gasteiger partial charge in [0.25, 0.3) is 5.69 Å². The number of piperazine rings is 1. The Balaban J connectivity index is 1.62. The number of non-ortho nitro benzene ring substituents is 1. The first-order valence-electron chi connectivity index (χ1n) is 9.33. The fraction of sp³-hybridized carbons (Fsp3) is 0.400. The maximum absolute atomic E-state index is 14.5. The van der Waals surface area contributed by atoms with Crippen LogP contribution in [0.1, 0.15) is 11.1 Å². The summed E-state index contributed by atoms with van der Waals surface area (Å²) in [6.45, 7) is 4.60. The van der Waals surface area contributed by atoms with Gasteiger partial charge in [-0.3, -0.25) is 15.0 Å². The summed E-state index contributed by atoms with van der Waals surface area (Å²) in [6.07, 6.45) is -4.28. The average Bonchev–Trinajstić information content (AvgIpc) is 2.68. The van der Waals surface area contributed by atoms with E-state index in [9.17, 15) is 27.7 Å². The lowest BCUT2D eigenvalue weighted by molar-refractivity contribution is -0.384. The Morgan fingerprint density at radius 2 is 1.73 bits per heavy atom. The van der Waals surface area contributed by atoms with Gasteiger partial charge in [0.2, 0.25) is 0 Å². The highest BCUT2D eigenvalue weighted by molar-refractivity contribution is 7.99. The molecule has 1 heterocycles. The summed E-state index contributed by atoms with van der Waals surface area (Å²) < 4.78 is 52.1. The molecule has 1 fully saturated rings. The van der Waals surface area contributed by atoms with E-state index in [4.69, 9.17) is 0 Å². The van der Waals surface area contributed by atoms with Crippen LogP contribution in [0.3, 0.4) is 0 Å². The number of halogens is 4. The zero-order valence-electron chi connectivity index (χ0n) is 16.3. The normalized spacial score (nSPS) is 15.4. The molecule has 1 aliphatic heterocycles. The van der Waals surface area contributed by atoms with Crippen LogP contribution in [0.25, 0.3) is 0 Å². The molecule has 3 rings (SSSR count). The number of rotatable bonds is 6. The van der Waals surface area contributed by atoms with Crippen LogP contribution in [0.15, 0.2) is 41.3 Å². The molecule has 0 aliphatic carbocycles. The van der Waals surface area contributed by atoms with Crippen molar-refractivity contribution in [2.24, 2.45) is 0 Å². The van der Waals surface area contributed by atoms with Gasteiger partial charge in [0.15, 0.2) is 0 Å². The second-order valence-electron chi connectivity index (χ2n) is 7.16. The van der Waals surface area contributed by atoms with Crippen LogP contribution >= 0.6 is 11.8 Å². The molecule has 30 heavy (non-hydrogen) atoms. The second kappa shape index (κ2) is 9.22. The summed E-state index contributed by atoms with van der Waals surface area (Å²) in [7, 11) is 0. The largest absolute Gasteiger partial charge is 0.398 e. The zero-order chi connectivity index (χ0) is 21.9. The lowest BCUT2D eigenvalue weighted by atomic mass is 10.1. The number of alkyl halides is 3. The van der Waals surface area contributed by atoms with Crippen LogP contribution in [0.4, 0.5) is 28.9 Å². The van der Waals surface area contributed by atoms with Gasteiger partial charge in [-0.2, -0.15) is 13.2 Å². The third-order valence-corrected chi connectivity index (χ3v) is 6.12. The predicted molar refractivity (Wildman–Crippen MR) is 109 cm³/mol. The SMILES string of the molecule is Cc1cc(F)c(N2CCN(Cc3ccc([N+](=O)[O-])cc3)CC2)cc1SCC(F)(F)F. The maximum atomic E-state index is 14.5. The number of hydrogen-bond donors (Lipinski definition) is 0. The predicted octanol–water partition coefficient (Wildman–Crippen LogP) is 5.02. The van der Waals surface area contributed by atoms with Crippen LogP contribution in [-0.4, -0.2) is 47.9 Å². The minimum atomic E-state index is -4.28. The van der Waals surface area contributed by atoms with E-state index >= 15 is 0 Å². The quantitative estimate of drug-likeness (QED) is 0.272. The first-order valence-corrected chi connectivity index (χ1v) is 10.3. The molecular weight excluding hydrogens is 422 g/mol. The second-order valence-corrected chi connectivity index (χ2v) is 8.18. The number of nitro groups is 1. The van der Waals surface area contributed by atoms with E-state index in [2.05, 4.69) is 4.90 Å². The van der Waals surface area contributed by atoms with Crippen molar-refractivity contribution in [2.45, 2.75) is 24.5 Å². The molecule has 2 aromatic carbocycles. The van der Waals surface area contributed by atoms with Crippen molar-refractivity contribution in [3.8, 4) is 0 Å². The smallest absolute Gasteiger partial charge is 0.367 e. The Labute approximate surface area is 175 Å². The van der Waals surface area contributed by atoms with Gasteiger partial charge in [-0.25, -0.2) is 4.39 Å². The number of nitrogens with zero attached hydrogens (tertiary/aromatic N) is 3. The summed E-state index contributed by atoms with van der Waals surface area (Å²) in [5.74, 6) is -1.45. The Hall–Kier alpha value is -2.33. The standard InChI is InChI=1S/C20H21F4N3O2S/c1-14-10-17(21)18(11-19(14)30-13-20(22,23)24)26-8-6-25(7-9-26)12-15-2-4-16(5-3-15)27(28)29/h2-5,10-11H,6-9,12-13H2,1H3. The Kier molecular flexibility index (Phi) is 6.87. The third kappa shape index (κ3) is 5.85. The first kappa shape index (κ1) is 22.4. The fourth-order valence-corrected chi connectivity index (χ4v) is 4.13. The minimum absolute atomic E-state index is 0.0395. The van der Waals surface area contributed by atoms with Crippen LogP contribution in [0, 0.1) is 22.9 Å². The Morgan fingerprint density at radius 3 is 2.30 bits per heavy atom. The monoisotopic (exact) mass is 443 g/mol. The molecule has 1 saturated heterocycles. The lowest BCUT2D eigenvalue weighted by Crippen LogP contribution is -2.46. The van der Waals surface area contributed by atoms with Gasteiger partial charge < -0.3 is 4.90 Å². The molecule has 0 saturated carbocycles. The minimum Gasteiger partial charge on any atom is -0.367 e. The summed E-state index contributed by atoms with van der Waals surface area (Å²) >= 11 is 0.670. The third-order valence-electron chi connectivity index (χ3n) is 4.90. The van der Waals surface area contributed by atoms with Crippen molar-refractivity contribution >= 4 is 23.1 Å². The van der Waals surface area contributed by atoms with Crippen molar-refractivity contribution in [1.82, 2.24) is 4.90 Å². The molecule has 0 spiro atoms. The topological polar surface area (TPSA) is 49.6 Å². The molecule has 1 aliphatic rings. The van der Waals surface area contributed by atoms with E-state index in [1.165, 1.54) is 24.3 Å². The highest BCUT2D eigenvalue weighted by Crippen LogP contribution is 2.34. The lowest BCUT2D eigenvalue weighted by Gasteiger charge is -2.36. The fourth-order valence-electron chi connectivity index (χ4n) is 3.33.